The van der Waals surface area contributed by atoms with Crippen LogP contribution in [0.1, 0.15) is 0 Å². The van der Waals surface area contributed by atoms with Crippen LogP contribution in [0.4, 0.5) is 0 Å². The summed E-state index contributed by atoms with van der Waals surface area (Å²) >= 11 is 0. The molecule has 0 unspecified atom stereocenters. The molecular weight excluding hydrogens is 801 g/mol. The highest BCUT2D eigenvalue weighted by Gasteiger charge is 2.30. The predicted molar refractivity (Wildman–Crippen MR) is 242 cm³/mol. The van der Waals surface area contributed by atoms with Gasteiger partial charge in [0, 0.05) is 21.9 Å². The van der Waals surface area contributed by atoms with E-state index in [0.717, 1.165) is 43.8 Å². The SMILES string of the molecule is Oc1c(O)c(O)c(-c2c3ccccc3c(-c3ccc4oc5cccc(-c6c7ccccc7c(-c7c(O)c(O)c(O)c(O)c7O)c7ccccc67)c5c4c3)c3ccccc23)c(O)c1O. The number of hydrogen-bond donors (Lipinski definition) is 10. The summed E-state index contributed by atoms with van der Waals surface area (Å²) in [7, 11) is 0. The van der Waals surface area contributed by atoms with Gasteiger partial charge in [-0.1, -0.05) is 115 Å². The predicted octanol–water partition coefficient (Wildman–Crippen LogP) is 11.9. The van der Waals surface area contributed by atoms with Crippen LogP contribution >= 0.6 is 0 Å². The van der Waals surface area contributed by atoms with Gasteiger partial charge in [-0.25, -0.2) is 0 Å². The second kappa shape index (κ2) is 13.3. The highest BCUT2D eigenvalue weighted by Crippen LogP contribution is 2.60. The summed E-state index contributed by atoms with van der Waals surface area (Å²) in [6.45, 7) is 0. The van der Waals surface area contributed by atoms with E-state index in [0.29, 0.717) is 54.6 Å². The van der Waals surface area contributed by atoms with Gasteiger partial charge in [0.2, 0.25) is 34.5 Å². The quantitative estimate of drug-likeness (QED) is 0.0457. The second-order valence-electron chi connectivity index (χ2n) is 15.4. The van der Waals surface area contributed by atoms with Crippen LogP contribution in [0, 0.1) is 0 Å². The van der Waals surface area contributed by atoms with E-state index in [1.807, 2.05) is 109 Å². The summed E-state index contributed by atoms with van der Waals surface area (Å²) in [6.07, 6.45) is 0. The molecule has 63 heavy (non-hydrogen) atoms. The fourth-order valence-electron chi connectivity index (χ4n) is 9.43. The first-order valence-corrected chi connectivity index (χ1v) is 19.7. The average Bonchev–Trinajstić information content (AvgIpc) is 3.69. The zero-order valence-corrected chi connectivity index (χ0v) is 32.6. The Hall–Kier alpha value is -8.96. The number of hydrogen-bond acceptors (Lipinski definition) is 11. The lowest BCUT2D eigenvalue weighted by atomic mass is 9.83. The Morgan fingerprint density at radius 3 is 1.00 bits per heavy atom. The first-order chi connectivity index (χ1) is 30.5. The zero-order chi connectivity index (χ0) is 43.6. The van der Waals surface area contributed by atoms with Crippen molar-refractivity contribution in [2.24, 2.45) is 0 Å². The normalized spacial score (nSPS) is 11.8. The third-order valence-electron chi connectivity index (χ3n) is 12.2. The maximum absolute atomic E-state index is 11.2. The Morgan fingerprint density at radius 2 is 0.603 bits per heavy atom. The van der Waals surface area contributed by atoms with Gasteiger partial charge in [-0.05, 0) is 83.5 Å². The van der Waals surface area contributed by atoms with E-state index >= 15 is 0 Å². The monoisotopic (exact) mass is 832 g/mol. The largest absolute Gasteiger partial charge is 0.504 e. The van der Waals surface area contributed by atoms with Gasteiger partial charge in [0.05, 0.1) is 11.1 Å². The van der Waals surface area contributed by atoms with Gasteiger partial charge < -0.3 is 55.5 Å². The Balaban J connectivity index is 1.22. The van der Waals surface area contributed by atoms with E-state index in [1.165, 1.54) is 0 Å². The summed E-state index contributed by atoms with van der Waals surface area (Å²) < 4.78 is 6.53. The number of benzene rings is 10. The van der Waals surface area contributed by atoms with E-state index in [1.54, 1.807) is 24.3 Å². The van der Waals surface area contributed by atoms with E-state index < -0.39 is 57.5 Å². The first kappa shape index (κ1) is 37.1. The molecule has 0 radical (unpaired) electrons. The maximum atomic E-state index is 11.2. The minimum Gasteiger partial charge on any atom is -0.504 e. The summed E-state index contributed by atoms with van der Waals surface area (Å²) in [4.78, 5) is 0. The van der Waals surface area contributed by atoms with Crippen molar-refractivity contribution in [1.82, 2.24) is 0 Å². The molecule has 11 heteroatoms. The molecule has 1 heterocycles. The second-order valence-corrected chi connectivity index (χ2v) is 15.4. The molecule has 0 fully saturated rings. The summed E-state index contributed by atoms with van der Waals surface area (Å²) in [5.41, 5.74) is 4.55. The van der Waals surface area contributed by atoms with Gasteiger partial charge in [0.25, 0.3) is 0 Å². The van der Waals surface area contributed by atoms with Gasteiger partial charge in [0.15, 0.2) is 23.0 Å². The molecule has 10 N–H and O–H groups in total. The van der Waals surface area contributed by atoms with Gasteiger partial charge in [-0.15, -0.1) is 0 Å². The lowest BCUT2D eigenvalue weighted by Crippen LogP contribution is -1.93. The zero-order valence-electron chi connectivity index (χ0n) is 32.6. The van der Waals surface area contributed by atoms with Gasteiger partial charge >= 0.3 is 0 Å². The fourth-order valence-corrected chi connectivity index (χ4v) is 9.43. The van der Waals surface area contributed by atoms with Crippen molar-refractivity contribution in [3.8, 4) is 102 Å². The highest BCUT2D eigenvalue weighted by atomic mass is 16.4. The Bertz CT molecular complexity index is 3640. The van der Waals surface area contributed by atoms with E-state index in [2.05, 4.69) is 0 Å². The van der Waals surface area contributed by atoms with Gasteiger partial charge in [-0.2, -0.15) is 0 Å². The van der Waals surface area contributed by atoms with Gasteiger partial charge in [0.1, 0.15) is 11.2 Å². The number of fused-ring (bicyclic) bond motifs is 7. The van der Waals surface area contributed by atoms with Crippen molar-refractivity contribution >= 4 is 65.0 Å². The third kappa shape index (κ3) is 5.01. The van der Waals surface area contributed by atoms with Crippen molar-refractivity contribution in [1.29, 1.82) is 0 Å². The molecule has 0 aliphatic rings. The van der Waals surface area contributed by atoms with Crippen LogP contribution in [0.3, 0.4) is 0 Å². The molecule has 0 aliphatic heterocycles. The van der Waals surface area contributed by atoms with Crippen LogP contribution < -0.4 is 0 Å². The molecule has 0 amide bonds. The molecule has 11 nitrogen and oxygen atoms in total. The highest BCUT2D eigenvalue weighted by molar-refractivity contribution is 6.28. The van der Waals surface area contributed by atoms with Crippen molar-refractivity contribution in [3.63, 3.8) is 0 Å². The van der Waals surface area contributed by atoms with E-state index in [4.69, 9.17) is 4.42 Å². The number of rotatable bonds is 4. The summed E-state index contributed by atoms with van der Waals surface area (Å²) in [5, 5.41) is 114. The molecule has 0 bridgehead atoms. The molecule has 1 aromatic heterocycles. The number of phenolic OH excluding ortho intramolecular Hbond substituents is 10. The first-order valence-electron chi connectivity index (χ1n) is 19.7. The fraction of sp³-hybridized carbons (Fsp3) is 0. The molecule has 0 spiro atoms. The topological polar surface area (TPSA) is 215 Å². The van der Waals surface area contributed by atoms with Crippen molar-refractivity contribution in [2.45, 2.75) is 0 Å². The Labute approximate surface area is 354 Å². The van der Waals surface area contributed by atoms with Crippen LogP contribution in [-0.4, -0.2) is 51.1 Å². The minimum atomic E-state index is -1.05. The van der Waals surface area contributed by atoms with E-state index in [-0.39, 0.29) is 11.1 Å². The lowest BCUT2D eigenvalue weighted by Gasteiger charge is -2.20. The van der Waals surface area contributed by atoms with Crippen molar-refractivity contribution in [2.75, 3.05) is 0 Å². The molecule has 10 aromatic carbocycles. The van der Waals surface area contributed by atoms with E-state index in [9.17, 15) is 51.1 Å². The average molecular weight is 833 g/mol. The Kier molecular flexibility index (Phi) is 7.81. The number of phenols is 10. The summed E-state index contributed by atoms with van der Waals surface area (Å²) in [6, 6.07) is 41.2. The smallest absolute Gasteiger partial charge is 0.208 e. The lowest BCUT2D eigenvalue weighted by molar-refractivity contribution is 0.330. The number of aromatic hydroxyl groups is 10. The van der Waals surface area contributed by atoms with Crippen LogP contribution in [0.5, 0.6) is 57.5 Å². The molecule has 11 aromatic rings. The maximum Gasteiger partial charge on any atom is 0.208 e. The molecule has 306 valence electrons. The number of furan rings is 1. The molecule has 0 atom stereocenters. The third-order valence-corrected chi connectivity index (χ3v) is 12.2. The molecule has 11 rings (SSSR count). The van der Waals surface area contributed by atoms with Crippen LogP contribution in [0.25, 0.3) is 110 Å². The Morgan fingerprint density at radius 1 is 0.254 bits per heavy atom. The molecule has 0 saturated heterocycles. The van der Waals surface area contributed by atoms with Crippen LogP contribution in [-0.2, 0) is 0 Å². The molecule has 0 aliphatic carbocycles. The minimum absolute atomic E-state index is 0.252. The van der Waals surface area contributed by atoms with Crippen molar-refractivity contribution < 1.29 is 55.5 Å². The summed E-state index contributed by atoms with van der Waals surface area (Å²) in [5.74, 6) is -9.21. The van der Waals surface area contributed by atoms with Crippen LogP contribution in [0.2, 0.25) is 0 Å². The van der Waals surface area contributed by atoms with Crippen LogP contribution in [0.15, 0.2) is 138 Å². The van der Waals surface area contributed by atoms with Gasteiger partial charge in [-0.3, -0.25) is 0 Å². The van der Waals surface area contributed by atoms with Crippen molar-refractivity contribution in [3.05, 3.63) is 133 Å². The molecular formula is C52H32O11. The molecule has 0 saturated carbocycles. The standard InChI is InChI=1S/C52H32O11/c53-43-41(44(54)48(58)51(61)47(43)57)39-28-14-5-1-10-24(28)36(25-11-2-6-15-29(25)39)23-20-21-34-33(22-23)38-32(18-9-19-35(38)63-34)37-26-12-3-7-16-30(26)40(31-17-8-4-13-27(31)37)42-45(55)49(59)52(62)50(60)46(42)56/h1-22,53-62H.